The quantitative estimate of drug-likeness (QED) is 0.330. The second kappa shape index (κ2) is 12.8. The third kappa shape index (κ3) is 6.13. The number of fused-ring (bicyclic) bond motifs is 2. The Balaban J connectivity index is 1.03. The highest BCUT2D eigenvalue weighted by Crippen LogP contribution is 2.31. The summed E-state index contributed by atoms with van der Waals surface area (Å²) in [5.41, 5.74) is 14.5. The molecule has 3 fully saturated rings. The van der Waals surface area contributed by atoms with Crippen molar-refractivity contribution in [2.24, 2.45) is 0 Å². The summed E-state index contributed by atoms with van der Waals surface area (Å²) in [6.45, 7) is 6.59. The molecular formula is C33H44N8O4. The van der Waals surface area contributed by atoms with Crippen molar-refractivity contribution in [2.45, 2.75) is 76.5 Å². The van der Waals surface area contributed by atoms with Gasteiger partial charge in [0.05, 0.1) is 22.4 Å². The highest BCUT2D eigenvalue weighted by Gasteiger charge is 2.35. The summed E-state index contributed by atoms with van der Waals surface area (Å²) in [5.74, 6) is -0.122. The number of para-hydroxylation sites is 2. The van der Waals surface area contributed by atoms with Crippen molar-refractivity contribution in [3.8, 4) is 0 Å². The van der Waals surface area contributed by atoms with Crippen LogP contribution in [-0.4, -0.2) is 87.7 Å². The summed E-state index contributed by atoms with van der Waals surface area (Å²) in [6.07, 6.45) is 5.90. The Labute approximate surface area is 263 Å². The third-order valence-electron chi connectivity index (χ3n) is 10.1. The highest BCUT2D eigenvalue weighted by molar-refractivity contribution is 5.84. The predicted octanol–water partition coefficient (Wildman–Crippen LogP) is 3.76. The normalized spacial score (nSPS) is 20.5. The van der Waals surface area contributed by atoms with Crippen LogP contribution in [0.4, 0.5) is 16.2 Å². The number of ether oxygens (including phenoxy) is 1. The van der Waals surface area contributed by atoms with Crippen LogP contribution in [0, 0.1) is 6.92 Å². The molecule has 4 N–H and O–H groups in total. The molecule has 7 rings (SSSR count). The van der Waals surface area contributed by atoms with Gasteiger partial charge >= 0.3 is 11.8 Å². The Hall–Kier alpha value is -4.03. The SMILES string of the molecule is Cc1cc(CC(OC(=O)N2CCC(n3c(=O)[nH]c4ccccc43)CC2)C(=O)N2CCC(N3CCCCC3)CC2)cc2c1NNN2. The lowest BCUT2D eigenvalue weighted by Gasteiger charge is -2.41. The number of carbonyl (C=O) groups is 2. The molecule has 240 valence electrons. The van der Waals surface area contributed by atoms with Crippen molar-refractivity contribution in [1.29, 1.82) is 0 Å². The fourth-order valence-electron chi connectivity index (χ4n) is 7.68. The molecule has 0 bridgehead atoms. The minimum absolute atomic E-state index is 0.0135. The smallest absolute Gasteiger partial charge is 0.410 e. The number of imidazole rings is 1. The van der Waals surface area contributed by atoms with Gasteiger partial charge in [-0.1, -0.05) is 24.6 Å². The topological polar surface area (TPSA) is 127 Å². The third-order valence-corrected chi connectivity index (χ3v) is 10.1. The van der Waals surface area contributed by atoms with Gasteiger partial charge in [-0.25, -0.2) is 9.59 Å². The zero-order chi connectivity index (χ0) is 30.9. The molecule has 0 spiro atoms. The van der Waals surface area contributed by atoms with Crippen LogP contribution in [0.1, 0.15) is 62.1 Å². The van der Waals surface area contributed by atoms with Gasteiger partial charge in [-0.05, 0) is 87.9 Å². The number of aromatic amines is 1. The van der Waals surface area contributed by atoms with Crippen molar-refractivity contribution in [3.05, 3.63) is 58.0 Å². The van der Waals surface area contributed by atoms with Crippen molar-refractivity contribution in [2.75, 3.05) is 50.1 Å². The number of hydrazine groups is 2. The van der Waals surface area contributed by atoms with Gasteiger partial charge in [0.1, 0.15) is 0 Å². The fraction of sp³-hybridized carbons (Fsp3) is 0.545. The van der Waals surface area contributed by atoms with Crippen molar-refractivity contribution in [1.82, 2.24) is 29.8 Å². The molecule has 12 nitrogen and oxygen atoms in total. The molecule has 2 aromatic carbocycles. The van der Waals surface area contributed by atoms with Crippen molar-refractivity contribution >= 4 is 34.4 Å². The number of piperidine rings is 3. The molecule has 3 aromatic rings. The van der Waals surface area contributed by atoms with E-state index in [0.717, 1.165) is 59.5 Å². The van der Waals surface area contributed by atoms with Gasteiger partial charge in [0.25, 0.3) is 5.91 Å². The molecule has 3 saturated heterocycles. The largest absolute Gasteiger partial charge is 0.436 e. The molecular weight excluding hydrogens is 572 g/mol. The first-order valence-corrected chi connectivity index (χ1v) is 16.5. The van der Waals surface area contributed by atoms with Crippen LogP contribution in [0.3, 0.4) is 0 Å². The molecule has 2 amide bonds. The van der Waals surface area contributed by atoms with Crippen LogP contribution in [-0.2, 0) is 16.0 Å². The van der Waals surface area contributed by atoms with Gasteiger partial charge in [-0.3, -0.25) is 9.36 Å². The summed E-state index contributed by atoms with van der Waals surface area (Å²) >= 11 is 0. The van der Waals surface area contributed by atoms with E-state index in [2.05, 4.69) is 26.3 Å². The van der Waals surface area contributed by atoms with Crippen LogP contribution < -0.4 is 22.1 Å². The Morgan fingerprint density at radius 1 is 0.889 bits per heavy atom. The van der Waals surface area contributed by atoms with E-state index in [9.17, 15) is 14.4 Å². The zero-order valence-corrected chi connectivity index (χ0v) is 26.0. The number of rotatable bonds is 6. The van der Waals surface area contributed by atoms with Crippen LogP contribution >= 0.6 is 0 Å². The molecule has 1 atom stereocenters. The van der Waals surface area contributed by atoms with E-state index in [1.54, 1.807) is 4.90 Å². The van der Waals surface area contributed by atoms with E-state index >= 15 is 0 Å². The average Bonchev–Trinajstić information content (AvgIpc) is 3.68. The number of hydrogen-bond donors (Lipinski definition) is 4. The number of nitrogens with one attached hydrogen (secondary N) is 4. The second-order valence-electron chi connectivity index (χ2n) is 13.0. The van der Waals surface area contributed by atoms with Crippen LogP contribution in [0.15, 0.2) is 41.2 Å². The fourth-order valence-corrected chi connectivity index (χ4v) is 7.68. The number of amides is 2. The number of anilines is 2. The van der Waals surface area contributed by atoms with Gasteiger partial charge in [0, 0.05) is 44.7 Å². The highest BCUT2D eigenvalue weighted by atomic mass is 16.6. The van der Waals surface area contributed by atoms with Gasteiger partial charge < -0.3 is 35.3 Å². The standard InChI is InChI=1S/C33H44N8O4/c1-22-19-23(20-27-30(22)36-37-35-27)21-29(31(42)39-15-9-24(10-16-39)38-13-5-2-6-14-38)45-33(44)40-17-11-25(12-18-40)41-28-8-4-3-7-26(28)34-32(41)43/h3-4,7-8,19-20,24-25,29,35-37H,2,5-6,9-18,21H2,1H3,(H,34,43). The summed E-state index contributed by atoms with van der Waals surface area (Å²) in [7, 11) is 0. The Bertz CT molecular complexity index is 1600. The van der Waals surface area contributed by atoms with Crippen LogP contribution in [0.25, 0.3) is 11.0 Å². The van der Waals surface area contributed by atoms with Crippen molar-refractivity contribution in [3.63, 3.8) is 0 Å². The maximum atomic E-state index is 14.0. The first kappa shape index (κ1) is 29.7. The molecule has 1 unspecified atom stereocenters. The minimum Gasteiger partial charge on any atom is -0.436 e. The first-order chi connectivity index (χ1) is 21.9. The van der Waals surface area contributed by atoms with E-state index in [4.69, 9.17) is 4.74 Å². The van der Waals surface area contributed by atoms with Crippen LogP contribution in [0.2, 0.25) is 0 Å². The number of aromatic nitrogens is 2. The molecule has 4 aliphatic heterocycles. The molecule has 45 heavy (non-hydrogen) atoms. The maximum Gasteiger partial charge on any atom is 0.410 e. The van der Waals surface area contributed by atoms with E-state index in [1.807, 2.05) is 52.8 Å². The van der Waals surface area contributed by atoms with E-state index in [0.29, 0.717) is 51.5 Å². The Kier molecular flexibility index (Phi) is 8.41. The number of H-pyrrole nitrogens is 1. The number of aryl methyl sites for hydroxylation is 1. The predicted molar refractivity (Wildman–Crippen MR) is 173 cm³/mol. The molecule has 12 heteroatoms. The number of nitrogens with zero attached hydrogens (tertiary/aromatic N) is 4. The summed E-state index contributed by atoms with van der Waals surface area (Å²) < 4.78 is 7.90. The van der Waals surface area contributed by atoms with E-state index in [1.165, 1.54) is 19.3 Å². The maximum absolute atomic E-state index is 14.0. The van der Waals surface area contributed by atoms with Crippen molar-refractivity contribution < 1.29 is 14.3 Å². The number of likely N-dealkylation sites (tertiary alicyclic amines) is 3. The Morgan fingerprint density at radius 3 is 2.38 bits per heavy atom. The second-order valence-corrected chi connectivity index (χ2v) is 13.0. The molecule has 0 aliphatic carbocycles. The van der Waals surface area contributed by atoms with E-state index < -0.39 is 12.2 Å². The van der Waals surface area contributed by atoms with Gasteiger partial charge in [0.2, 0.25) is 0 Å². The van der Waals surface area contributed by atoms with Gasteiger partial charge in [0.15, 0.2) is 6.10 Å². The summed E-state index contributed by atoms with van der Waals surface area (Å²) in [5, 5.41) is 0. The molecule has 5 heterocycles. The summed E-state index contributed by atoms with van der Waals surface area (Å²) in [6, 6.07) is 12.2. The first-order valence-electron chi connectivity index (χ1n) is 16.5. The molecule has 0 radical (unpaired) electrons. The number of carbonyl (C=O) groups excluding carboxylic acids is 2. The summed E-state index contributed by atoms with van der Waals surface area (Å²) in [4.78, 5) is 49.5. The Morgan fingerprint density at radius 2 is 1.60 bits per heavy atom. The number of hydrogen-bond acceptors (Lipinski definition) is 8. The monoisotopic (exact) mass is 616 g/mol. The number of benzene rings is 2. The molecule has 1 aromatic heterocycles. The van der Waals surface area contributed by atoms with E-state index in [-0.39, 0.29) is 17.6 Å². The molecule has 4 aliphatic rings. The average molecular weight is 617 g/mol. The van der Waals surface area contributed by atoms with Crippen LogP contribution in [0.5, 0.6) is 0 Å². The lowest BCUT2D eigenvalue weighted by molar-refractivity contribution is -0.142. The van der Waals surface area contributed by atoms with Gasteiger partial charge in [-0.15, -0.1) is 5.53 Å². The lowest BCUT2D eigenvalue weighted by atomic mass is 9.98. The molecule has 0 saturated carbocycles. The zero-order valence-electron chi connectivity index (χ0n) is 26.0. The van der Waals surface area contributed by atoms with Gasteiger partial charge in [-0.2, -0.15) is 0 Å². The minimum atomic E-state index is -0.919. The lowest BCUT2D eigenvalue weighted by Crippen LogP contribution is -2.52.